The quantitative estimate of drug-likeness (QED) is 0.199. The largest absolute Gasteiger partial charge is 0.490 e. The molecule has 4 rings (SSSR count). The van der Waals surface area contributed by atoms with Crippen LogP contribution in [0.3, 0.4) is 0 Å². The fourth-order valence-corrected chi connectivity index (χ4v) is 4.99. The molecule has 3 aromatic carbocycles. The van der Waals surface area contributed by atoms with E-state index in [2.05, 4.69) is 20.9 Å². The van der Waals surface area contributed by atoms with E-state index in [0.717, 1.165) is 15.6 Å². The maximum Gasteiger partial charge on any atom is 0.337 e. The summed E-state index contributed by atoms with van der Waals surface area (Å²) < 4.78 is 17.6. The lowest BCUT2D eigenvalue weighted by Gasteiger charge is -2.13. The lowest BCUT2D eigenvalue weighted by Crippen LogP contribution is -2.28. The maximum absolute atomic E-state index is 13.1. The van der Waals surface area contributed by atoms with Gasteiger partial charge in [-0.1, -0.05) is 34.1 Å². The van der Waals surface area contributed by atoms with E-state index in [-0.39, 0.29) is 5.91 Å². The van der Waals surface area contributed by atoms with Crippen molar-refractivity contribution in [2.24, 2.45) is 4.99 Å². The first-order valence-corrected chi connectivity index (χ1v) is 13.6. The number of amidine groups is 1. The third kappa shape index (κ3) is 6.65. The molecule has 0 aliphatic carbocycles. The summed E-state index contributed by atoms with van der Waals surface area (Å²) >= 11 is 4.75. The predicted molar refractivity (Wildman–Crippen MR) is 154 cm³/mol. The molecular weight excluding hydrogens is 568 g/mol. The van der Waals surface area contributed by atoms with Crippen LogP contribution in [0, 0.1) is 0 Å². The Kier molecular flexibility index (Phi) is 9.25. The molecule has 0 unspecified atom stereocenters. The van der Waals surface area contributed by atoms with Gasteiger partial charge in [-0.3, -0.25) is 9.69 Å². The van der Waals surface area contributed by atoms with Gasteiger partial charge in [0.25, 0.3) is 5.91 Å². The number of halogens is 1. The first kappa shape index (κ1) is 27.5. The van der Waals surface area contributed by atoms with Crippen LogP contribution in [0.25, 0.3) is 6.08 Å². The standard InChI is InChI=1S/C29H27BrN2O5S/c1-4-32-27(33)26(38-29(32)31-23-13-9-21(10-14-23)28(34)35-3)17-20-8-15-24(25(16-20)36-5-2)37-18-19-6-11-22(30)12-7-19/h6-17H,4-5,18H2,1-3H3/b26-17+,31-29?. The van der Waals surface area contributed by atoms with Crippen molar-refractivity contribution in [2.45, 2.75) is 20.5 Å². The number of nitrogens with zero attached hydrogens (tertiary/aromatic N) is 2. The normalized spacial score (nSPS) is 15.3. The number of likely N-dealkylation sites (N-methyl/N-ethyl adjacent to an activating group) is 1. The number of hydrogen-bond donors (Lipinski definition) is 0. The number of carbonyl (C=O) groups is 2. The Morgan fingerprint density at radius 3 is 2.39 bits per heavy atom. The van der Waals surface area contributed by atoms with Gasteiger partial charge in [0.1, 0.15) is 6.61 Å². The van der Waals surface area contributed by atoms with Crippen molar-refractivity contribution < 1.29 is 23.8 Å². The van der Waals surface area contributed by atoms with E-state index in [9.17, 15) is 9.59 Å². The van der Waals surface area contributed by atoms with Crippen LogP contribution in [0.1, 0.15) is 35.3 Å². The van der Waals surface area contributed by atoms with Crippen molar-refractivity contribution >= 4 is 56.5 Å². The first-order valence-electron chi connectivity index (χ1n) is 12.0. The molecule has 1 amide bonds. The molecule has 0 atom stereocenters. The summed E-state index contributed by atoms with van der Waals surface area (Å²) in [6, 6.07) is 20.3. The Bertz CT molecular complexity index is 1370. The second-order valence-electron chi connectivity index (χ2n) is 8.15. The van der Waals surface area contributed by atoms with Gasteiger partial charge in [0, 0.05) is 11.0 Å². The lowest BCUT2D eigenvalue weighted by atomic mass is 10.1. The van der Waals surface area contributed by atoms with E-state index in [0.29, 0.717) is 52.6 Å². The van der Waals surface area contributed by atoms with Crippen molar-refractivity contribution in [1.82, 2.24) is 4.90 Å². The number of methoxy groups -OCH3 is 1. The number of hydrogen-bond acceptors (Lipinski definition) is 7. The maximum atomic E-state index is 13.1. The lowest BCUT2D eigenvalue weighted by molar-refractivity contribution is -0.122. The highest BCUT2D eigenvalue weighted by Gasteiger charge is 2.32. The van der Waals surface area contributed by atoms with E-state index in [1.807, 2.05) is 62.4 Å². The third-order valence-corrected chi connectivity index (χ3v) is 7.13. The average molecular weight is 596 g/mol. The molecule has 3 aromatic rings. The highest BCUT2D eigenvalue weighted by Crippen LogP contribution is 2.36. The fraction of sp³-hybridized carbons (Fsp3) is 0.207. The number of ether oxygens (including phenoxy) is 3. The van der Waals surface area contributed by atoms with Crippen LogP contribution >= 0.6 is 27.7 Å². The Morgan fingerprint density at radius 2 is 1.74 bits per heavy atom. The topological polar surface area (TPSA) is 77.4 Å². The van der Waals surface area contributed by atoms with Crippen LogP contribution in [0.4, 0.5) is 5.69 Å². The Hall–Kier alpha value is -3.56. The highest BCUT2D eigenvalue weighted by molar-refractivity contribution is 9.10. The van der Waals surface area contributed by atoms with Gasteiger partial charge in [0.05, 0.1) is 29.9 Å². The van der Waals surface area contributed by atoms with Gasteiger partial charge >= 0.3 is 5.97 Å². The zero-order chi connectivity index (χ0) is 27.1. The molecule has 196 valence electrons. The third-order valence-electron chi connectivity index (χ3n) is 5.59. The molecule has 9 heteroatoms. The number of thioether (sulfide) groups is 1. The molecule has 1 fully saturated rings. The minimum absolute atomic E-state index is 0.115. The number of benzene rings is 3. The fourth-order valence-electron chi connectivity index (χ4n) is 3.67. The van der Waals surface area contributed by atoms with Gasteiger partial charge in [-0.15, -0.1) is 0 Å². The van der Waals surface area contributed by atoms with Crippen LogP contribution < -0.4 is 9.47 Å². The number of amides is 1. The van der Waals surface area contributed by atoms with Crippen molar-refractivity contribution in [1.29, 1.82) is 0 Å². The number of esters is 1. The minimum Gasteiger partial charge on any atom is -0.490 e. The van der Waals surface area contributed by atoms with Crippen molar-refractivity contribution in [3.05, 3.63) is 92.8 Å². The predicted octanol–water partition coefficient (Wildman–Crippen LogP) is 6.84. The van der Waals surface area contributed by atoms with Crippen molar-refractivity contribution in [3.8, 4) is 11.5 Å². The summed E-state index contributed by atoms with van der Waals surface area (Å²) in [7, 11) is 1.34. The van der Waals surface area contributed by atoms with E-state index in [1.54, 1.807) is 29.2 Å². The Balaban J connectivity index is 1.54. The van der Waals surface area contributed by atoms with Crippen molar-refractivity contribution in [3.63, 3.8) is 0 Å². The molecule has 0 spiro atoms. The molecule has 0 saturated carbocycles. The summed E-state index contributed by atoms with van der Waals surface area (Å²) in [5.41, 5.74) is 2.94. The molecule has 0 bridgehead atoms. The number of aliphatic imine (C=N–C) groups is 1. The van der Waals surface area contributed by atoms with Crippen LogP contribution in [0.5, 0.6) is 11.5 Å². The summed E-state index contributed by atoms with van der Waals surface area (Å²) in [5.74, 6) is 0.721. The number of rotatable bonds is 9. The average Bonchev–Trinajstić information content (AvgIpc) is 3.22. The summed E-state index contributed by atoms with van der Waals surface area (Å²) in [6.45, 7) is 5.20. The van der Waals surface area contributed by atoms with Crippen LogP contribution in [0.15, 0.2) is 81.1 Å². The van der Waals surface area contributed by atoms with Crippen LogP contribution in [0.2, 0.25) is 0 Å². The highest BCUT2D eigenvalue weighted by atomic mass is 79.9. The second-order valence-corrected chi connectivity index (χ2v) is 10.1. The van der Waals surface area contributed by atoms with Gasteiger partial charge < -0.3 is 14.2 Å². The Morgan fingerprint density at radius 1 is 1.00 bits per heavy atom. The second kappa shape index (κ2) is 12.8. The van der Waals surface area contributed by atoms with E-state index < -0.39 is 5.97 Å². The zero-order valence-electron chi connectivity index (χ0n) is 21.3. The minimum atomic E-state index is -0.411. The summed E-state index contributed by atoms with van der Waals surface area (Å²) in [5, 5.41) is 0.578. The zero-order valence-corrected chi connectivity index (χ0v) is 23.7. The van der Waals surface area contributed by atoms with Gasteiger partial charge in [0.2, 0.25) is 0 Å². The SMILES string of the molecule is CCOc1cc(/C=C2/SC(=Nc3ccc(C(=O)OC)cc3)N(CC)C2=O)ccc1OCc1ccc(Br)cc1. The van der Waals surface area contributed by atoms with Crippen LogP contribution in [-0.2, 0) is 16.1 Å². The molecule has 1 aliphatic rings. The van der Waals surface area contributed by atoms with Gasteiger partial charge in [-0.2, -0.15) is 0 Å². The van der Waals surface area contributed by atoms with Crippen LogP contribution in [-0.4, -0.2) is 42.2 Å². The monoisotopic (exact) mass is 594 g/mol. The molecule has 38 heavy (non-hydrogen) atoms. The molecule has 1 heterocycles. The summed E-state index contributed by atoms with van der Waals surface area (Å²) in [4.78, 5) is 31.6. The summed E-state index contributed by atoms with van der Waals surface area (Å²) in [6.07, 6.45) is 1.83. The molecule has 0 N–H and O–H groups in total. The van der Waals surface area contributed by atoms with Gasteiger partial charge in [0.15, 0.2) is 16.7 Å². The molecule has 1 saturated heterocycles. The Labute approximate surface area is 234 Å². The molecule has 0 radical (unpaired) electrons. The first-order chi connectivity index (χ1) is 18.4. The van der Waals surface area contributed by atoms with E-state index in [1.165, 1.54) is 18.9 Å². The molecule has 1 aliphatic heterocycles. The molecular formula is C29H27BrN2O5S. The van der Waals surface area contributed by atoms with E-state index >= 15 is 0 Å². The smallest absolute Gasteiger partial charge is 0.337 e. The van der Waals surface area contributed by atoms with Gasteiger partial charge in [-0.05, 0) is 91.3 Å². The number of carbonyl (C=O) groups excluding carboxylic acids is 2. The molecule has 7 nitrogen and oxygen atoms in total. The van der Waals surface area contributed by atoms with Crippen molar-refractivity contribution in [2.75, 3.05) is 20.3 Å². The van der Waals surface area contributed by atoms with Gasteiger partial charge in [-0.25, -0.2) is 9.79 Å². The molecule has 0 aromatic heterocycles. The van der Waals surface area contributed by atoms with E-state index in [4.69, 9.17) is 14.2 Å².